The SMILES string of the molecule is O=C(O)C1=NN(c2cnc3ccccc3n2)C(=O)CC1. The van der Waals surface area contributed by atoms with E-state index in [1.54, 1.807) is 12.1 Å². The Morgan fingerprint density at radius 3 is 2.70 bits per heavy atom. The summed E-state index contributed by atoms with van der Waals surface area (Å²) >= 11 is 0. The Bertz CT molecular complexity index is 741. The van der Waals surface area contributed by atoms with Gasteiger partial charge in [0.1, 0.15) is 5.71 Å². The minimum atomic E-state index is -1.13. The topological polar surface area (TPSA) is 95.8 Å². The number of para-hydroxylation sites is 2. The van der Waals surface area contributed by atoms with Crippen molar-refractivity contribution in [3.63, 3.8) is 0 Å². The van der Waals surface area contributed by atoms with Gasteiger partial charge in [-0.05, 0) is 12.1 Å². The lowest BCUT2D eigenvalue weighted by molar-refractivity contribution is -0.129. The van der Waals surface area contributed by atoms with Crippen LogP contribution in [0.15, 0.2) is 35.6 Å². The first-order chi connectivity index (χ1) is 9.65. The van der Waals surface area contributed by atoms with E-state index >= 15 is 0 Å². The van der Waals surface area contributed by atoms with Crippen molar-refractivity contribution in [2.45, 2.75) is 12.8 Å². The van der Waals surface area contributed by atoms with E-state index < -0.39 is 5.97 Å². The second-order valence-corrected chi connectivity index (χ2v) is 4.27. The van der Waals surface area contributed by atoms with Crippen LogP contribution in [0.2, 0.25) is 0 Å². The van der Waals surface area contributed by atoms with Gasteiger partial charge in [0.25, 0.3) is 0 Å². The molecule has 0 unspecified atom stereocenters. The number of carbonyl (C=O) groups excluding carboxylic acids is 1. The Morgan fingerprint density at radius 1 is 1.20 bits per heavy atom. The normalized spacial score (nSPS) is 15.3. The third-order valence-electron chi connectivity index (χ3n) is 2.93. The molecule has 0 bridgehead atoms. The molecule has 1 N–H and O–H groups in total. The fourth-order valence-corrected chi connectivity index (χ4v) is 1.94. The van der Waals surface area contributed by atoms with Gasteiger partial charge in [-0.3, -0.25) is 9.78 Å². The zero-order chi connectivity index (χ0) is 14.1. The van der Waals surface area contributed by atoms with Crippen molar-refractivity contribution in [3.8, 4) is 0 Å². The van der Waals surface area contributed by atoms with Gasteiger partial charge in [-0.2, -0.15) is 10.1 Å². The lowest BCUT2D eigenvalue weighted by Crippen LogP contribution is -2.34. The summed E-state index contributed by atoms with van der Waals surface area (Å²) in [5, 5.41) is 13.8. The number of benzene rings is 1. The third-order valence-corrected chi connectivity index (χ3v) is 2.93. The maximum absolute atomic E-state index is 11.9. The largest absolute Gasteiger partial charge is 0.477 e. The molecule has 0 radical (unpaired) electrons. The first-order valence-electron chi connectivity index (χ1n) is 6.00. The van der Waals surface area contributed by atoms with Gasteiger partial charge < -0.3 is 5.11 Å². The third kappa shape index (κ3) is 2.09. The molecule has 2 aromatic rings. The molecular weight excluding hydrogens is 260 g/mol. The molecule has 1 aromatic heterocycles. The van der Waals surface area contributed by atoms with E-state index in [0.717, 1.165) is 5.01 Å². The first-order valence-corrected chi connectivity index (χ1v) is 6.00. The molecular formula is C13H10N4O3. The first kappa shape index (κ1) is 12.2. The number of carbonyl (C=O) groups is 2. The second kappa shape index (κ2) is 4.69. The van der Waals surface area contributed by atoms with E-state index in [4.69, 9.17) is 5.11 Å². The van der Waals surface area contributed by atoms with Crippen LogP contribution in [-0.4, -0.2) is 32.7 Å². The molecule has 1 amide bonds. The summed E-state index contributed by atoms with van der Waals surface area (Å²) < 4.78 is 0. The van der Waals surface area contributed by atoms with Crippen LogP contribution in [0.1, 0.15) is 12.8 Å². The van der Waals surface area contributed by atoms with Crippen molar-refractivity contribution in [2.24, 2.45) is 5.10 Å². The van der Waals surface area contributed by atoms with E-state index in [-0.39, 0.29) is 30.3 Å². The lowest BCUT2D eigenvalue weighted by Gasteiger charge is -2.20. The molecule has 1 aromatic carbocycles. The number of carboxylic acids is 1. The summed E-state index contributed by atoms with van der Waals surface area (Å²) in [6, 6.07) is 7.21. The smallest absolute Gasteiger partial charge is 0.352 e. The second-order valence-electron chi connectivity index (χ2n) is 4.27. The Morgan fingerprint density at radius 2 is 1.95 bits per heavy atom. The van der Waals surface area contributed by atoms with Gasteiger partial charge in [-0.1, -0.05) is 12.1 Å². The van der Waals surface area contributed by atoms with Crippen molar-refractivity contribution >= 4 is 34.4 Å². The van der Waals surface area contributed by atoms with E-state index in [2.05, 4.69) is 15.1 Å². The number of hydrogen-bond acceptors (Lipinski definition) is 5. The van der Waals surface area contributed by atoms with Crippen LogP contribution in [-0.2, 0) is 9.59 Å². The number of hydrogen-bond donors (Lipinski definition) is 1. The minimum absolute atomic E-state index is 0.0560. The molecule has 20 heavy (non-hydrogen) atoms. The van der Waals surface area contributed by atoms with Crippen molar-refractivity contribution in [1.29, 1.82) is 0 Å². The molecule has 0 fully saturated rings. The van der Waals surface area contributed by atoms with Crippen LogP contribution < -0.4 is 5.01 Å². The van der Waals surface area contributed by atoms with Gasteiger partial charge in [0.15, 0.2) is 5.82 Å². The molecule has 100 valence electrons. The summed E-state index contributed by atoms with van der Waals surface area (Å²) in [6.07, 6.45) is 1.64. The number of hydrazone groups is 1. The number of carboxylic acid groups (broad SMARTS) is 1. The molecule has 7 heteroatoms. The quantitative estimate of drug-likeness (QED) is 0.884. The molecule has 3 rings (SSSR count). The number of nitrogens with zero attached hydrogens (tertiary/aromatic N) is 4. The van der Waals surface area contributed by atoms with Gasteiger partial charge in [0.05, 0.1) is 17.2 Å². The molecule has 2 heterocycles. The Kier molecular flexibility index (Phi) is 2.86. The van der Waals surface area contributed by atoms with Gasteiger partial charge in [0, 0.05) is 12.8 Å². The summed E-state index contributed by atoms with van der Waals surface area (Å²) in [5.41, 5.74) is 1.26. The summed E-state index contributed by atoms with van der Waals surface area (Å²) in [5.74, 6) is -1.19. The van der Waals surface area contributed by atoms with Crippen LogP contribution in [0, 0.1) is 0 Å². The molecule has 7 nitrogen and oxygen atoms in total. The molecule has 0 spiro atoms. The highest BCUT2D eigenvalue weighted by atomic mass is 16.4. The summed E-state index contributed by atoms with van der Waals surface area (Å²) in [7, 11) is 0. The van der Waals surface area contributed by atoms with Gasteiger partial charge in [-0.25, -0.2) is 9.78 Å². The van der Waals surface area contributed by atoms with Crippen LogP contribution in [0.4, 0.5) is 5.82 Å². The Hall–Kier alpha value is -2.83. The van der Waals surface area contributed by atoms with Gasteiger partial charge >= 0.3 is 5.97 Å². The number of aliphatic carboxylic acids is 1. The number of rotatable bonds is 2. The van der Waals surface area contributed by atoms with Crippen molar-refractivity contribution in [1.82, 2.24) is 9.97 Å². The van der Waals surface area contributed by atoms with Gasteiger partial charge in [-0.15, -0.1) is 0 Å². The standard InChI is InChI=1S/C13H10N4O3/c18-12-6-5-10(13(19)20)16-17(12)11-7-14-8-3-1-2-4-9(8)15-11/h1-4,7H,5-6H2,(H,19,20). The fourth-order valence-electron chi connectivity index (χ4n) is 1.94. The number of amides is 1. The maximum Gasteiger partial charge on any atom is 0.352 e. The van der Waals surface area contributed by atoms with E-state index in [1.807, 2.05) is 12.1 Å². The monoisotopic (exact) mass is 270 g/mol. The Balaban J connectivity index is 2.06. The van der Waals surface area contributed by atoms with Crippen LogP contribution >= 0.6 is 0 Å². The minimum Gasteiger partial charge on any atom is -0.477 e. The van der Waals surface area contributed by atoms with Crippen molar-refractivity contribution < 1.29 is 14.7 Å². The van der Waals surface area contributed by atoms with Crippen LogP contribution in [0.5, 0.6) is 0 Å². The number of aromatic nitrogens is 2. The fraction of sp³-hybridized carbons (Fsp3) is 0.154. The van der Waals surface area contributed by atoms with E-state index in [1.165, 1.54) is 6.20 Å². The molecule has 1 aliphatic heterocycles. The zero-order valence-corrected chi connectivity index (χ0v) is 10.4. The zero-order valence-electron chi connectivity index (χ0n) is 10.4. The highest BCUT2D eigenvalue weighted by Crippen LogP contribution is 2.19. The predicted octanol–water partition coefficient (Wildman–Crippen LogP) is 1.20. The van der Waals surface area contributed by atoms with E-state index in [9.17, 15) is 9.59 Å². The summed E-state index contributed by atoms with van der Waals surface area (Å²) in [6.45, 7) is 0. The highest BCUT2D eigenvalue weighted by molar-refractivity contribution is 6.37. The lowest BCUT2D eigenvalue weighted by atomic mass is 10.2. The van der Waals surface area contributed by atoms with E-state index in [0.29, 0.717) is 11.0 Å². The molecule has 0 aliphatic carbocycles. The summed E-state index contributed by atoms with van der Waals surface area (Å²) in [4.78, 5) is 31.3. The molecule has 0 saturated heterocycles. The number of fused-ring (bicyclic) bond motifs is 1. The average Bonchev–Trinajstić information content (AvgIpc) is 2.47. The molecule has 0 saturated carbocycles. The van der Waals surface area contributed by atoms with Gasteiger partial charge in [0.2, 0.25) is 5.91 Å². The highest BCUT2D eigenvalue weighted by Gasteiger charge is 2.26. The Labute approximate surface area is 113 Å². The molecule has 0 atom stereocenters. The maximum atomic E-state index is 11.9. The van der Waals surface area contributed by atoms with Crippen molar-refractivity contribution in [2.75, 3.05) is 5.01 Å². The van der Waals surface area contributed by atoms with Crippen LogP contribution in [0.3, 0.4) is 0 Å². The average molecular weight is 270 g/mol. The van der Waals surface area contributed by atoms with Crippen LogP contribution in [0.25, 0.3) is 11.0 Å². The number of anilines is 1. The van der Waals surface area contributed by atoms with Crippen molar-refractivity contribution in [3.05, 3.63) is 30.5 Å². The molecule has 1 aliphatic rings. The predicted molar refractivity (Wildman–Crippen MR) is 71.3 cm³/mol.